The molecule has 0 aliphatic carbocycles. The standard InChI is InChI=1S/C28H30N6O4/c1-17(2)24-27(36)33(18-7-4-3-5-8-18)28(37)34(24)23-16-31-13-14-38-22-15-19(10-11-20(22)26(31)30-23)32-12-6-9-21(32)25(29)35/h3-5,7-8,10-11,15-17,21,24H,6,9,12-14H2,1-2H3,(H2,29,35)/t21-,24?/m0/s1. The Labute approximate surface area is 220 Å². The number of nitrogens with zero attached hydrogens (tertiary/aromatic N) is 5. The molecule has 2 fully saturated rings. The highest BCUT2D eigenvalue weighted by atomic mass is 16.5. The predicted molar refractivity (Wildman–Crippen MR) is 143 cm³/mol. The normalized spacial score (nSPS) is 21.0. The first-order valence-corrected chi connectivity index (χ1v) is 13.0. The molecule has 4 amide bonds. The second-order valence-electron chi connectivity index (χ2n) is 10.2. The molecule has 1 unspecified atom stereocenters. The zero-order valence-electron chi connectivity index (χ0n) is 21.4. The zero-order chi connectivity index (χ0) is 26.6. The van der Waals surface area contributed by atoms with Crippen LogP contribution in [0.3, 0.4) is 0 Å². The lowest BCUT2D eigenvalue weighted by Gasteiger charge is -2.25. The molecule has 2 atom stereocenters. The maximum absolute atomic E-state index is 13.6. The Morgan fingerprint density at radius 2 is 1.87 bits per heavy atom. The van der Waals surface area contributed by atoms with Gasteiger partial charge in [0.2, 0.25) is 5.91 Å². The number of carbonyl (C=O) groups excluding carboxylic acids is 3. The number of imidazole rings is 1. The molecular formula is C28H30N6O4. The van der Waals surface area contributed by atoms with Crippen LogP contribution in [0.15, 0.2) is 54.7 Å². The third-order valence-corrected chi connectivity index (χ3v) is 7.51. The highest BCUT2D eigenvalue weighted by Crippen LogP contribution is 2.39. The number of amides is 4. The molecule has 3 aromatic rings. The predicted octanol–water partition coefficient (Wildman–Crippen LogP) is 3.39. The molecule has 38 heavy (non-hydrogen) atoms. The van der Waals surface area contributed by atoms with Gasteiger partial charge in [-0.3, -0.25) is 14.5 Å². The third kappa shape index (κ3) is 3.79. The van der Waals surface area contributed by atoms with E-state index in [9.17, 15) is 14.4 Å². The van der Waals surface area contributed by atoms with Crippen molar-refractivity contribution < 1.29 is 19.1 Å². The largest absolute Gasteiger partial charge is 0.491 e. The van der Waals surface area contributed by atoms with Gasteiger partial charge < -0.3 is 19.9 Å². The van der Waals surface area contributed by atoms with Crippen molar-refractivity contribution in [1.82, 2.24) is 9.55 Å². The van der Waals surface area contributed by atoms with Crippen molar-refractivity contribution in [2.24, 2.45) is 11.7 Å². The lowest BCUT2D eigenvalue weighted by atomic mass is 10.0. The molecular weight excluding hydrogens is 484 g/mol. The topological polar surface area (TPSA) is 114 Å². The Hall–Kier alpha value is -4.34. The Bertz CT molecular complexity index is 1420. The average Bonchev–Trinajstić information content (AvgIpc) is 3.58. The van der Waals surface area contributed by atoms with Gasteiger partial charge in [-0.2, -0.15) is 0 Å². The lowest BCUT2D eigenvalue weighted by Crippen LogP contribution is -2.40. The molecule has 1 aromatic heterocycles. The summed E-state index contributed by atoms with van der Waals surface area (Å²) in [6.07, 6.45) is 3.46. The fraction of sp³-hybridized carbons (Fsp3) is 0.357. The molecule has 0 bridgehead atoms. The first-order valence-electron chi connectivity index (χ1n) is 13.0. The minimum atomic E-state index is -0.666. The minimum absolute atomic E-state index is 0.112. The van der Waals surface area contributed by atoms with Gasteiger partial charge >= 0.3 is 6.03 Å². The van der Waals surface area contributed by atoms with Crippen LogP contribution in [-0.2, 0) is 16.1 Å². The average molecular weight is 515 g/mol. The molecule has 196 valence electrons. The number of primary amides is 1. The Kier molecular flexibility index (Phi) is 5.81. The van der Waals surface area contributed by atoms with E-state index >= 15 is 0 Å². The Morgan fingerprint density at radius 1 is 1.08 bits per heavy atom. The van der Waals surface area contributed by atoms with Crippen LogP contribution >= 0.6 is 0 Å². The first-order chi connectivity index (χ1) is 18.3. The van der Waals surface area contributed by atoms with Crippen LogP contribution in [0.5, 0.6) is 5.75 Å². The second kappa shape index (κ2) is 9.20. The number of para-hydroxylation sites is 1. The van der Waals surface area contributed by atoms with Crippen molar-refractivity contribution in [3.63, 3.8) is 0 Å². The van der Waals surface area contributed by atoms with Crippen LogP contribution in [0.4, 0.5) is 22.0 Å². The van der Waals surface area contributed by atoms with Crippen molar-refractivity contribution in [2.45, 2.75) is 45.3 Å². The Balaban J connectivity index is 1.38. The smallest absolute Gasteiger partial charge is 0.337 e. The molecule has 0 radical (unpaired) electrons. The SMILES string of the molecule is CC(C)C1C(=O)N(c2ccccc2)C(=O)N1c1cn2c(n1)-c1ccc(N3CCC[C@H]3C(N)=O)cc1OCC2. The number of benzene rings is 2. The van der Waals surface area contributed by atoms with Gasteiger partial charge in [-0.05, 0) is 43.0 Å². The van der Waals surface area contributed by atoms with Gasteiger partial charge in [0, 0.05) is 24.5 Å². The van der Waals surface area contributed by atoms with Crippen LogP contribution in [0.25, 0.3) is 11.4 Å². The number of hydrogen-bond acceptors (Lipinski definition) is 6. The zero-order valence-corrected chi connectivity index (χ0v) is 21.4. The van der Waals surface area contributed by atoms with Crippen LogP contribution in [0, 0.1) is 5.92 Å². The van der Waals surface area contributed by atoms with Crippen molar-refractivity contribution in [3.05, 3.63) is 54.7 Å². The molecule has 2 saturated heterocycles. The summed E-state index contributed by atoms with van der Waals surface area (Å²) in [5.41, 5.74) is 7.83. The maximum atomic E-state index is 13.6. The van der Waals surface area contributed by atoms with E-state index in [0.29, 0.717) is 36.2 Å². The third-order valence-electron chi connectivity index (χ3n) is 7.51. The van der Waals surface area contributed by atoms with Crippen molar-refractivity contribution in [1.29, 1.82) is 0 Å². The summed E-state index contributed by atoms with van der Waals surface area (Å²) in [4.78, 5) is 48.7. The highest BCUT2D eigenvalue weighted by Gasteiger charge is 2.49. The van der Waals surface area contributed by atoms with Crippen LogP contribution in [0.1, 0.15) is 26.7 Å². The fourth-order valence-corrected chi connectivity index (χ4v) is 5.73. The lowest BCUT2D eigenvalue weighted by molar-refractivity contribution is -0.119. The number of hydrogen-bond donors (Lipinski definition) is 1. The molecule has 4 heterocycles. The molecule has 10 nitrogen and oxygen atoms in total. The van der Waals surface area contributed by atoms with E-state index in [1.807, 2.05) is 53.8 Å². The van der Waals surface area contributed by atoms with Crippen LogP contribution in [-0.4, -0.2) is 52.6 Å². The number of urea groups is 1. The quantitative estimate of drug-likeness (QED) is 0.522. The number of fused-ring (bicyclic) bond motifs is 3. The van der Waals surface area contributed by atoms with Gasteiger partial charge in [-0.25, -0.2) is 14.7 Å². The van der Waals surface area contributed by atoms with E-state index in [1.165, 1.54) is 9.80 Å². The van der Waals surface area contributed by atoms with E-state index in [0.717, 1.165) is 30.6 Å². The summed E-state index contributed by atoms with van der Waals surface area (Å²) in [5, 5.41) is 0. The fourth-order valence-electron chi connectivity index (χ4n) is 5.73. The van der Waals surface area contributed by atoms with E-state index in [1.54, 1.807) is 24.3 Å². The van der Waals surface area contributed by atoms with Crippen LogP contribution < -0.4 is 25.2 Å². The number of rotatable bonds is 5. The summed E-state index contributed by atoms with van der Waals surface area (Å²) in [6.45, 7) is 5.56. The van der Waals surface area contributed by atoms with Gasteiger partial charge in [0.25, 0.3) is 5.91 Å². The number of carbonyl (C=O) groups is 3. The highest BCUT2D eigenvalue weighted by molar-refractivity contribution is 6.28. The Morgan fingerprint density at radius 3 is 2.61 bits per heavy atom. The van der Waals surface area contributed by atoms with Gasteiger partial charge in [-0.1, -0.05) is 32.0 Å². The molecule has 3 aliphatic rings. The monoisotopic (exact) mass is 514 g/mol. The van der Waals surface area contributed by atoms with E-state index in [2.05, 4.69) is 0 Å². The van der Waals surface area contributed by atoms with E-state index in [-0.39, 0.29) is 23.8 Å². The summed E-state index contributed by atoms with van der Waals surface area (Å²) in [7, 11) is 0. The maximum Gasteiger partial charge on any atom is 0.337 e. The number of anilines is 3. The second-order valence-corrected chi connectivity index (χ2v) is 10.2. The summed E-state index contributed by atoms with van der Waals surface area (Å²) >= 11 is 0. The molecule has 6 rings (SSSR count). The van der Waals surface area contributed by atoms with Crippen molar-refractivity contribution in [3.8, 4) is 17.1 Å². The summed E-state index contributed by atoms with van der Waals surface area (Å²) in [6, 6.07) is 13.4. The summed E-state index contributed by atoms with van der Waals surface area (Å²) < 4.78 is 8.04. The molecule has 2 aromatic carbocycles. The molecule has 10 heteroatoms. The van der Waals surface area contributed by atoms with E-state index in [4.69, 9.17) is 15.5 Å². The molecule has 0 saturated carbocycles. The number of aromatic nitrogens is 2. The number of nitrogens with two attached hydrogens (primary N) is 1. The van der Waals surface area contributed by atoms with Gasteiger partial charge in [-0.15, -0.1) is 0 Å². The summed E-state index contributed by atoms with van der Waals surface area (Å²) in [5.74, 6) is 1.05. The minimum Gasteiger partial charge on any atom is -0.491 e. The van der Waals surface area contributed by atoms with Crippen molar-refractivity contribution >= 4 is 35.0 Å². The number of ether oxygens (including phenoxy) is 1. The molecule has 0 spiro atoms. The van der Waals surface area contributed by atoms with Gasteiger partial charge in [0.15, 0.2) is 5.82 Å². The van der Waals surface area contributed by atoms with Gasteiger partial charge in [0.1, 0.15) is 30.3 Å². The van der Waals surface area contributed by atoms with E-state index < -0.39 is 12.1 Å². The van der Waals surface area contributed by atoms with Crippen LogP contribution in [0.2, 0.25) is 0 Å². The molecule has 2 N–H and O–H groups in total. The van der Waals surface area contributed by atoms with Gasteiger partial charge in [0.05, 0.1) is 17.8 Å². The molecule has 3 aliphatic heterocycles. The first kappa shape index (κ1) is 24.0. The number of imide groups is 1. The van der Waals surface area contributed by atoms with Crippen molar-refractivity contribution in [2.75, 3.05) is 27.9 Å².